The Bertz CT molecular complexity index is 808. The Labute approximate surface area is 191 Å². The van der Waals surface area contributed by atoms with E-state index >= 15 is 0 Å². The highest BCUT2D eigenvalue weighted by molar-refractivity contribution is 5.78. The van der Waals surface area contributed by atoms with Crippen LogP contribution < -0.4 is 5.32 Å². The van der Waals surface area contributed by atoms with Gasteiger partial charge in [0, 0.05) is 38.0 Å². The molecule has 178 valence electrons. The predicted octanol–water partition coefficient (Wildman–Crippen LogP) is 3.26. The van der Waals surface area contributed by atoms with E-state index in [0.717, 1.165) is 58.2 Å². The van der Waals surface area contributed by atoms with Gasteiger partial charge in [-0.2, -0.15) is 0 Å². The van der Waals surface area contributed by atoms with Crippen LogP contribution in [0.2, 0.25) is 0 Å². The maximum atomic E-state index is 12.6. The molecule has 1 unspecified atom stereocenters. The fourth-order valence-corrected chi connectivity index (χ4v) is 5.02. The van der Waals surface area contributed by atoms with E-state index in [4.69, 9.17) is 4.42 Å². The van der Waals surface area contributed by atoms with E-state index in [2.05, 4.69) is 34.3 Å². The minimum atomic E-state index is -0.0388. The average molecular weight is 446 g/mol. The van der Waals surface area contributed by atoms with Crippen molar-refractivity contribution in [2.45, 2.75) is 90.6 Å². The summed E-state index contributed by atoms with van der Waals surface area (Å²) >= 11 is 0. The minimum absolute atomic E-state index is 0.0388. The number of nitrogens with one attached hydrogen (secondary N) is 1. The van der Waals surface area contributed by atoms with Crippen LogP contribution >= 0.6 is 0 Å². The summed E-state index contributed by atoms with van der Waals surface area (Å²) < 4.78 is 6.02. The third-order valence-electron chi connectivity index (χ3n) is 7.24. The molecule has 1 aromatic rings. The molecule has 4 rings (SSSR count). The topological polar surface area (TPSA) is 91.6 Å². The first-order chi connectivity index (χ1) is 15.2. The van der Waals surface area contributed by atoms with E-state index in [0.29, 0.717) is 36.7 Å². The highest BCUT2D eigenvalue weighted by Gasteiger charge is 2.48. The maximum Gasteiger partial charge on any atom is 0.234 e. The highest BCUT2D eigenvalue weighted by atomic mass is 16.4. The normalized spacial score (nSPS) is 23.4. The molecule has 1 spiro atoms. The van der Waals surface area contributed by atoms with E-state index in [9.17, 15) is 9.59 Å². The summed E-state index contributed by atoms with van der Waals surface area (Å²) in [5.74, 6) is 2.36. The van der Waals surface area contributed by atoms with Gasteiger partial charge in [-0.3, -0.25) is 14.5 Å². The molecule has 3 fully saturated rings. The third-order valence-corrected chi connectivity index (χ3v) is 7.24. The van der Waals surface area contributed by atoms with Crippen LogP contribution in [0.15, 0.2) is 4.42 Å². The van der Waals surface area contributed by atoms with Crippen molar-refractivity contribution in [3.8, 4) is 0 Å². The lowest BCUT2D eigenvalue weighted by Gasteiger charge is -2.39. The zero-order valence-electron chi connectivity index (χ0n) is 20.1. The Kier molecular flexibility index (Phi) is 6.89. The van der Waals surface area contributed by atoms with Crippen LogP contribution in [0, 0.1) is 11.3 Å². The van der Waals surface area contributed by atoms with Crippen molar-refractivity contribution in [2.75, 3.05) is 26.2 Å². The molecule has 0 aromatic carbocycles. The van der Waals surface area contributed by atoms with Crippen LogP contribution in [-0.2, 0) is 9.59 Å². The Hall–Kier alpha value is -1.96. The van der Waals surface area contributed by atoms with Gasteiger partial charge < -0.3 is 14.6 Å². The first-order valence-corrected chi connectivity index (χ1v) is 12.4. The molecule has 1 N–H and O–H groups in total. The van der Waals surface area contributed by atoms with E-state index < -0.39 is 0 Å². The number of hydrogen-bond donors (Lipinski definition) is 1. The predicted molar refractivity (Wildman–Crippen MR) is 121 cm³/mol. The van der Waals surface area contributed by atoms with E-state index in [1.54, 1.807) is 0 Å². The molecule has 1 atom stereocenters. The fourth-order valence-electron chi connectivity index (χ4n) is 5.02. The maximum absolute atomic E-state index is 12.6. The van der Waals surface area contributed by atoms with Gasteiger partial charge in [-0.15, -0.1) is 10.2 Å². The SMILES string of the molecule is CC(C)CCC(=O)N1CCC2(CC1)CC(c1nnc(C(C)C)o1)N(CC(=O)NC1CC1)C2. The first kappa shape index (κ1) is 23.2. The molecule has 2 aliphatic heterocycles. The standard InChI is InChI=1S/C24H39N5O3/c1-16(2)5-8-21(31)28-11-9-24(10-12-28)13-19(23-27-26-22(32-23)17(3)4)29(15-24)14-20(30)25-18-6-7-18/h16-19H,5-15H2,1-4H3,(H,25,30). The van der Waals surface area contributed by atoms with E-state index in [1.165, 1.54) is 0 Å². The summed E-state index contributed by atoms with van der Waals surface area (Å²) in [6, 6.07) is 0.316. The first-order valence-electron chi connectivity index (χ1n) is 12.4. The molecule has 32 heavy (non-hydrogen) atoms. The zero-order valence-corrected chi connectivity index (χ0v) is 20.1. The summed E-state index contributed by atoms with van der Waals surface area (Å²) in [6.45, 7) is 11.2. The summed E-state index contributed by atoms with van der Waals surface area (Å²) in [5.41, 5.74) is 0.0891. The van der Waals surface area contributed by atoms with Gasteiger partial charge in [0.1, 0.15) is 0 Å². The molecular formula is C24H39N5O3. The molecule has 3 aliphatic rings. The van der Waals surface area contributed by atoms with E-state index in [1.807, 2.05) is 18.7 Å². The number of nitrogens with zero attached hydrogens (tertiary/aromatic N) is 4. The number of aromatic nitrogens is 2. The average Bonchev–Trinajstić information content (AvgIpc) is 3.29. The molecule has 0 radical (unpaired) electrons. The van der Waals surface area contributed by atoms with Gasteiger partial charge in [0.2, 0.25) is 23.6 Å². The minimum Gasteiger partial charge on any atom is -0.423 e. The van der Waals surface area contributed by atoms with Crippen molar-refractivity contribution in [1.29, 1.82) is 0 Å². The monoisotopic (exact) mass is 445 g/mol. The highest BCUT2D eigenvalue weighted by Crippen LogP contribution is 2.48. The van der Waals surface area contributed by atoms with Crippen molar-refractivity contribution in [3.63, 3.8) is 0 Å². The Morgan fingerprint density at radius 1 is 1.16 bits per heavy atom. The van der Waals surface area contributed by atoms with Crippen LogP contribution in [0.25, 0.3) is 0 Å². The van der Waals surface area contributed by atoms with E-state index in [-0.39, 0.29) is 29.2 Å². The lowest BCUT2D eigenvalue weighted by molar-refractivity contribution is -0.133. The lowest BCUT2D eigenvalue weighted by atomic mass is 9.76. The summed E-state index contributed by atoms with van der Waals surface area (Å²) in [5, 5.41) is 11.7. The molecule has 8 heteroatoms. The van der Waals surface area contributed by atoms with Crippen LogP contribution in [0.3, 0.4) is 0 Å². The molecular weight excluding hydrogens is 406 g/mol. The van der Waals surface area contributed by atoms with Gasteiger partial charge in [-0.05, 0) is 49.9 Å². The molecule has 2 saturated heterocycles. The second-order valence-corrected chi connectivity index (χ2v) is 10.9. The van der Waals surface area contributed by atoms with Crippen LogP contribution in [0.5, 0.6) is 0 Å². The van der Waals surface area contributed by atoms with Crippen LogP contribution in [0.4, 0.5) is 0 Å². The smallest absolute Gasteiger partial charge is 0.234 e. The molecule has 1 saturated carbocycles. The van der Waals surface area contributed by atoms with Crippen molar-refractivity contribution in [1.82, 2.24) is 25.3 Å². The number of likely N-dealkylation sites (tertiary alicyclic amines) is 2. The fraction of sp³-hybridized carbons (Fsp3) is 0.833. The third kappa shape index (κ3) is 5.50. The summed E-state index contributed by atoms with van der Waals surface area (Å²) in [7, 11) is 0. The second kappa shape index (κ2) is 9.49. The Balaban J connectivity index is 1.43. The molecule has 1 aliphatic carbocycles. The van der Waals surface area contributed by atoms with Crippen LogP contribution in [0.1, 0.15) is 96.4 Å². The number of rotatable bonds is 8. The molecule has 3 heterocycles. The number of carbonyl (C=O) groups is 2. The van der Waals surface area contributed by atoms with Gasteiger partial charge >= 0.3 is 0 Å². The summed E-state index contributed by atoms with van der Waals surface area (Å²) in [6.07, 6.45) is 6.58. The van der Waals surface area contributed by atoms with Crippen molar-refractivity contribution < 1.29 is 14.0 Å². The zero-order chi connectivity index (χ0) is 22.9. The second-order valence-electron chi connectivity index (χ2n) is 10.9. The van der Waals surface area contributed by atoms with Crippen molar-refractivity contribution in [3.05, 3.63) is 11.8 Å². The lowest BCUT2D eigenvalue weighted by Crippen LogP contribution is -2.45. The Morgan fingerprint density at radius 2 is 1.88 bits per heavy atom. The van der Waals surface area contributed by atoms with Gasteiger partial charge in [0.05, 0.1) is 12.6 Å². The number of piperidine rings is 1. The van der Waals surface area contributed by atoms with Gasteiger partial charge in [0.15, 0.2) is 0 Å². The van der Waals surface area contributed by atoms with Crippen molar-refractivity contribution >= 4 is 11.8 Å². The van der Waals surface area contributed by atoms with Crippen LogP contribution in [-0.4, -0.2) is 64.0 Å². The largest absolute Gasteiger partial charge is 0.423 e. The molecule has 8 nitrogen and oxygen atoms in total. The molecule has 2 amide bonds. The Morgan fingerprint density at radius 3 is 2.47 bits per heavy atom. The van der Waals surface area contributed by atoms with Crippen molar-refractivity contribution in [2.24, 2.45) is 11.3 Å². The van der Waals surface area contributed by atoms with Gasteiger partial charge in [0.25, 0.3) is 0 Å². The number of amides is 2. The molecule has 0 bridgehead atoms. The number of hydrogen-bond acceptors (Lipinski definition) is 6. The van der Waals surface area contributed by atoms with Gasteiger partial charge in [-0.25, -0.2) is 0 Å². The molecule has 1 aromatic heterocycles. The number of carbonyl (C=O) groups excluding carboxylic acids is 2. The quantitative estimate of drug-likeness (QED) is 0.660. The summed E-state index contributed by atoms with van der Waals surface area (Å²) in [4.78, 5) is 29.5. The van der Waals surface area contributed by atoms with Gasteiger partial charge in [-0.1, -0.05) is 27.7 Å².